The van der Waals surface area contributed by atoms with Gasteiger partial charge in [-0.1, -0.05) is 16.8 Å². The SMILES string of the molecule is COc1ccc(C(=O)OCc2nc(-c3ccc(Cl)cc3)no2)c(OC)c1OC. The standard InChI is InChI=1S/C19H17ClN2O6/c1-24-14-9-8-13(16(25-2)17(14)26-3)19(23)27-10-15-21-18(22-28-15)11-4-6-12(20)7-5-11/h4-9H,10H2,1-3H3. The monoisotopic (exact) mass is 404 g/mol. The number of hydrogen-bond acceptors (Lipinski definition) is 8. The Labute approximate surface area is 165 Å². The minimum absolute atomic E-state index is 0.151. The van der Waals surface area contributed by atoms with Crippen molar-refractivity contribution in [3.05, 3.63) is 52.9 Å². The van der Waals surface area contributed by atoms with Crippen molar-refractivity contribution in [2.45, 2.75) is 6.61 Å². The van der Waals surface area contributed by atoms with Crippen molar-refractivity contribution in [2.24, 2.45) is 0 Å². The molecule has 8 nitrogen and oxygen atoms in total. The first-order valence-corrected chi connectivity index (χ1v) is 8.49. The fraction of sp³-hybridized carbons (Fsp3) is 0.211. The van der Waals surface area contributed by atoms with Gasteiger partial charge >= 0.3 is 5.97 Å². The highest BCUT2D eigenvalue weighted by molar-refractivity contribution is 6.30. The molecule has 0 aliphatic rings. The molecule has 3 rings (SSSR count). The zero-order valence-corrected chi connectivity index (χ0v) is 16.1. The highest BCUT2D eigenvalue weighted by atomic mass is 35.5. The fourth-order valence-electron chi connectivity index (χ4n) is 2.50. The molecule has 0 atom stereocenters. The summed E-state index contributed by atoms with van der Waals surface area (Å²) in [5.74, 6) is 0.815. The van der Waals surface area contributed by atoms with Gasteiger partial charge in [-0.25, -0.2) is 4.79 Å². The largest absolute Gasteiger partial charge is 0.493 e. The summed E-state index contributed by atoms with van der Waals surface area (Å²) in [5, 5.41) is 4.47. The Morgan fingerprint density at radius 2 is 1.71 bits per heavy atom. The number of hydrogen-bond donors (Lipinski definition) is 0. The predicted octanol–water partition coefficient (Wildman–Crippen LogP) is 3.77. The van der Waals surface area contributed by atoms with Crippen LogP contribution >= 0.6 is 11.6 Å². The van der Waals surface area contributed by atoms with Crippen LogP contribution in [0, 0.1) is 0 Å². The Bertz CT molecular complexity index is 971. The lowest BCUT2D eigenvalue weighted by Crippen LogP contribution is -2.09. The van der Waals surface area contributed by atoms with Crippen molar-refractivity contribution in [1.29, 1.82) is 0 Å². The lowest BCUT2D eigenvalue weighted by molar-refractivity contribution is 0.0425. The van der Waals surface area contributed by atoms with Gasteiger partial charge in [0.15, 0.2) is 18.1 Å². The topological polar surface area (TPSA) is 92.9 Å². The second-order valence-electron chi connectivity index (χ2n) is 5.48. The zero-order chi connectivity index (χ0) is 20.1. The molecular formula is C19H17ClN2O6. The van der Waals surface area contributed by atoms with Crippen LogP contribution in [0.4, 0.5) is 0 Å². The van der Waals surface area contributed by atoms with E-state index in [1.165, 1.54) is 27.4 Å². The Morgan fingerprint density at radius 1 is 1.00 bits per heavy atom. The van der Waals surface area contributed by atoms with Gasteiger partial charge in [0.05, 0.1) is 21.3 Å². The third-order valence-electron chi connectivity index (χ3n) is 3.82. The highest BCUT2D eigenvalue weighted by Gasteiger charge is 2.22. The van der Waals surface area contributed by atoms with Gasteiger partial charge in [0, 0.05) is 10.6 Å². The van der Waals surface area contributed by atoms with E-state index in [4.69, 9.17) is 35.1 Å². The molecule has 9 heteroatoms. The van der Waals surface area contributed by atoms with E-state index >= 15 is 0 Å². The van der Waals surface area contributed by atoms with Crippen molar-refractivity contribution >= 4 is 17.6 Å². The van der Waals surface area contributed by atoms with Crippen molar-refractivity contribution in [3.8, 4) is 28.6 Å². The smallest absolute Gasteiger partial charge is 0.342 e. The van der Waals surface area contributed by atoms with Gasteiger partial charge in [-0.15, -0.1) is 0 Å². The summed E-state index contributed by atoms with van der Waals surface area (Å²) in [6.45, 7) is -0.197. The maximum atomic E-state index is 12.5. The van der Waals surface area contributed by atoms with Crippen molar-refractivity contribution in [3.63, 3.8) is 0 Å². The molecule has 28 heavy (non-hydrogen) atoms. The molecule has 3 aromatic rings. The fourth-order valence-corrected chi connectivity index (χ4v) is 2.62. The summed E-state index contributed by atoms with van der Waals surface area (Å²) in [6, 6.07) is 10.1. The number of nitrogens with zero attached hydrogens (tertiary/aromatic N) is 2. The Hall–Kier alpha value is -3.26. The molecule has 0 saturated carbocycles. The summed E-state index contributed by atoms with van der Waals surface area (Å²) in [5.41, 5.74) is 0.907. The van der Waals surface area contributed by atoms with Crippen LogP contribution in [-0.2, 0) is 11.3 Å². The van der Waals surface area contributed by atoms with Crippen molar-refractivity contribution in [2.75, 3.05) is 21.3 Å². The molecule has 0 saturated heterocycles. The van der Waals surface area contributed by atoms with Gasteiger partial charge in [-0.3, -0.25) is 0 Å². The van der Waals surface area contributed by atoms with Crippen molar-refractivity contribution in [1.82, 2.24) is 10.1 Å². The van der Waals surface area contributed by atoms with E-state index in [1.54, 1.807) is 30.3 Å². The van der Waals surface area contributed by atoms with E-state index in [0.29, 0.717) is 22.3 Å². The highest BCUT2D eigenvalue weighted by Crippen LogP contribution is 2.40. The number of benzene rings is 2. The number of carbonyl (C=O) groups excluding carboxylic acids is 1. The number of aromatic nitrogens is 2. The van der Waals surface area contributed by atoms with Gasteiger partial charge in [0.25, 0.3) is 5.89 Å². The first kappa shape index (κ1) is 19.5. The first-order valence-electron chi connectivity index (χ1n) is 8.12. The normalized spacial score (nSPS) is 10.4. The zero-order valence-electron chi connectivity index (χ0n) is 15.4. The lowest BCUT2D eigenvalue weighted by Gasteiger charge is -2.14. The van der Waals surface area contributed by atoms with E-state index in [1.807, 2.05) is 0 Å². The van der Waals surface area contributed by atoms with Crippen LogP contribution in [-0.4, -0.2) is 37.4 Å². The maximum Gasteiger partial charge on any atom is 0.342 e. The number of halogens is 1. The molecule has 0 radical (unpaired) electrons. The van der Waals surface area contributed by atoms with Gasteiger partial charge < -0.3 is 23.5 Å². The third-order valence-corrected chi connectivity index (χ3v) is 4.07. The summed E-state index contributed by atoms with van der Waals surface area (Å²) >= 11 is 5.86. The van der Waals surface area contributed by atoms with E-state index in [-0.39, 0.29) is 23.8 Å². The first-order chi connectivity index (χ1) is 13.6. The van der Waals surface area contributed by atoms with Gasteiger partial charge in [0.1, 0.15) is 5.56 Å². The molecule has 0 unspecified atom stereocenters. The number of ether oxygens (including phenoxy) is 4. The molecule has 146 valence electrons. The number of carbonyl (C=O) groups is 1. The van der Waals surface area contributed by atoms with Crippen molar-refractivity contribution < 1.29 is 28.3 Å². The molecule has 0 spiro atoms. The van der Waals surface area contributed by atoms with Crippen LogP contribution in [0.5, 0.6) is 17.2 Å². The molecule has 0 bridgehead atoms. The minimum atomic E-state index is -0.635. The summed E-state index contributed by atoms with van der Waals surface area (Å²) < 4.78 is 26.1. The van der Waals surface area contributed by atoms with Crippen LogP contribution in [0.3, 0.4) is 0 Å². The average molecular weight is 405 g/mol. The maximum absolute atomic E-state index is 12.5. The number of esters is 1. The van der Waals surface area contributed by atoms with E-state index in [0.717, 1.165) is 5.56 Å². The molecule has 1 heterocycles. The second kappa shape index (κ2) is 8.62. The Kier molecular flexibility index (Phi) is 6.00. The molecule has 0 aliphatic heterocycles. The third kappa shape index (κ3) is 4.01. The molecule has 0 fully saturated rings. The number of methoxy groups -OCH3 is 3. The van der Waals surface area contributed by atoms with Crippen LogP contribution < -0.4 is 14.2 Å². The second-order valence-corrected chi connectivity index (χ2v) is 5.91. The minimum Gasteiger partial charge on any atom is -0.493 e. The number of rotatable bonds is 7. The van der Waals surface area contributed by atoms with Crippen LogP contribution in [0.1, 0.15) is 16.2 Å². The Balaban J connectivity index is 1.73. The molecule has 2 aromatic carbocycles. The molecule has 0 amide bonds. The molecule has 0 aliphatic carbocycles. The molecule has 0 N–H and O–H groups in total. The van der Waals surface area contributed by atoms with Crippen LogP contribution in [0.15, 0.2) is 40.9 Å². The molecular weight excluding hydrogens is 388 g/mol. The van der Waals surface area contributed by atoms with E-state index < -0.39 is 5.97 Å². The summed E-state index contributed by atoms with van der Waals surface area (Å²) in [7, 11) is 4.36. The van der Waals surface area contributed by atoms with E-state index in [2.05, 4.69) is 10.1 Å². The average Bonchev–Trinajstić information content (AvgIpc) is 3.20. The van der Waals surface area contributed by atoms with E-state index in [9.17, 15) is 4.79 Å². The predicted molar refractivity (Wildman–Crippen MR) is 100.0 cm³/mol. The van der Waals surface area contributed by atoms with Crippen LogP contribution in [0.25, 0.3) is 11.4 Å². The summed E-state index contributed by atoms with van der Waals surface area (Å²) in [4.78, 5) is 16.7. The Morgan fingerprint density at radius 3 is 2.36 bits per heavy atom. The van der Waals surface area contributed by atoms with Gasteiger partial charge in [-0.2, -0.15) is 4.98 Å². The van der Waals surface area contributed by atoms with Crippen LogP contribution in [0.2, 0.25) is 5.02 Å². The van der Waals surface area contributed by atoms with Gasteiger partial charge in [0.2, 0.25) is 11.6 Å². The lowest BCUT2D eigenvalue weighted by atomic mass is 10.1. The van der Waals surface area contributed by atoms with Gasteiger partial charge in [-0.05, 0) is 36.4 Å². The quantitative estimate of drug-likeness (QED) is 0.549. The summed E-state index contributed by atoms with van der Waals surface area (Å²) in [6.07, 6.45) is 0. The molecule has 1 aromatic heterocycles.